The highest BCUT2D eigenvalue weighted by Gasteiger charge is 2.25. The molecule has 20 heavy (non-hydrogen) atoms. The number of nitrogens with zero attached hydrogens (tertiary/aromatic N) is 1. The summed E-state index contributed by atoms with van der Waals surface area (Å²) in [6.07, 6.45) is 6.62. The smallest absolute Gasteiger partial charge is 0.0105 e. The highest BCUT2D eigenvalue weighted by atomic mass is 15.1. The highest BCUT2D eigenvalue weighted by Crippen LogP contribution is 2.28. The van der Waals surface area contributed by atoms with Crippen LogP contribution in [0.2, 0.25) is 0 Å². The molecule has 0 aliphatic carbocycles. The molecule has 0 amide bonds. The fraction of sp³-hybridized carbons (Fsp3) is 1.00. The van der Waals surface area contributed by atoms with Crippen LogP contribution < -0.4 is 5.32 Å². The topological polar surface area (TPSA) is 15.3 Å². The molecule has 0 bridgehead atoms. The van der Waals surface area contributed by atoms with Crippen LogP contribution in [-0.4, -0.2) is 37.1 Å². The third-order valence-electron chi connectivity index (χ3n) is 4.30. The first-order valence-electron chi connectivity index (χ1n) is 8.50. The van der Waals surface area contributed by atoms with E-state index in [1.807, 2.05) is 0 Å². The Labute approximate surface area is 127 Å². The lowest BCUT2D eigenvalue weighted by Gasteiger charge is -2.32. The number of likely N-dealkylation sites (tertiary alicyclic amines) is 1. The van der Waals surface area contributed by atoms with Crippen molar-refractivity contribution in [2.75, 3.05) is 20.1 Å². The van der Waals surface area contributed by atoms with Crippen LogP contribution in [0.3, 0.4) is 0 Å². The molecule has 2 nitrogen and oxygen atoms in total. The van der Waals surface area contributed by atoms with Crippen molar-refractivity contribution in [3.63, 3.8) is 0 Å². The number of rotatable bonds is 6. The first-order chi connectivity index (χ1) is 9.07. The molecule has 0 saturated carbocycles. The average Bonchev–Trinajstić information content (AvgIpc) is 2.59. The third-order valence-corrected chi connectivity index (χ3v) is 4.30. The van der Waals surface area contributed by atoms with Gasteiger partial charge < -0.3 is 10.2 Å². The Kier molecular flexibility index (Phi) is 6.53. The van der Waals surface area contributed by atoms with Gasteiger partial charge in [0, 0.05) is 12.1 Å². The van der Waals surface area contributed by atoms with Gasteiger partial charge in [-0.05, 0) is 63.1 Å². The van der Waals surface area contributed by atoms with Crippen molar-refractivity contribution >= 4 is 0 Å². The molecular weight excluding hydrogens is 244 g/mol. The van der Waals surface area contributed by atoms with E-state index in [1.165, 1.54) is 45.2 Å². The van der Waals surface area contributed by atoms with E-state index < -0.39 is 0 Å². The monoisotopic (exact) mass is 282 g/mol. The van der Waals surface area contributed by atoms with E-state index in [-0.39, 0.29) is 0 Å². The van der Waals surface area contributed by atoms with Gasteiger partial charge in [0.1, 0.15) is 0 Å². The SMILES string of the molecule is CN1CCCC1CCNC(CC(C)(C)C)CC(C)(C)C. The maximum atomic E-state index is 3.85. The molecule has 1 aliphatic rings. The van der Waals surface area contributed by atoms with Crippen molar-refractivity contribution in [2.45, 2.75) is 85.7 Å². The van der Waals surface area contributed by atoms with Crippen molar-refractivity contribution in [3.8, 4) is 0 Å². The van der Waals surface area contributed by atoms with Gasteiger partial charge in [-0.3, -0.25) is 0 Å². The van der Waals surface area contributed by atoms with Gasteiger partial charge in [0.05, 0.1) is 0 Å². The molecule has 1 N–H and O–H groups in total. The predicted molar refractivity (Wildman–Crippen MR) is 90.2 cm³/mol. The van der Waals surface area contributed by atoms with Gasteiger partial charge in [-0.1, -0.05) is 41.5 Å². The quantitative estimate of drug-likeness (QED) is 0.781. The maximum absolute atomic E-state index is 3.85. The number of hydrogen-bond acceptors (Lipinski definition) is 2. The van der Waals surface area contributed by atoms with E-state index in [9.17, 15) is 0 Å². The zero-order valence-corrected chi connectivity index (χ0v) is 15.1. The Morgan fingerprint density at radius 1 is 1.05 bits per heavy atom. The summed E-state index contributed by atoms with van der Waals surface area (Å²) in [5.74, 6) is 0. The van der Waals surface area contributed by atoms with Crippen LogP contribution >= 0.6 is 0 Å². The van der Waals surface area contributed by atoms with Gasteiger partial charge in [-0.2, -0.15) is 0 Å². The molecule has 1 fully saturated rings. The van der Waals surface area contributed by atoms with Crippen LogP contribution in [0, 0.1) is 10.8 Å². The summed E-state index contributed by atoms with van der Waals surface area (Å²) in [5.41, 5.74) is 0.820. The van der Waals surface area contributed by atoms with Crippen LogP contribution in [0.15, 0.2) is 0 Å². The van der Waals surface area contributed by atoms with E-state index in [2.05, 4.69) is 58.8 Å². The lowest BCUT2D eigenvalue weighted by molar-refractivity contribution is 0.230. The summed E-state index contributed by atoms with van der Waals surface area (Å²) in [6.45, 7) is 16.6. The fourth-order valence-corrected chi connectivity index (χ4v) is 3.49. The number of hydrogen-bond donors (Lipinski definition) is 1. The molecule has 0 aromatic heterocycles. The van der Waals surface area contributed by atoms with Gasteiger partial charge in [-0.15, -0.1) is 0 Å². The van der Waals surface area contributed by atoms with Gasteiger partial charge in [-0.25, -0.2) is 0 Å². The standard InChI is InChI=1S/C18H38N2/c1-17(2,3)13-15(14-18(4,5)6)19-11-10-16-9-8-12-20(16)7/h15-16,19H,8-14H2,1-7H3. The van der Waals surface area contributed by atoms with Crippen LogP contribution in [0.4, 0.5) is 0 Å². The molecule has 1 rings (SSSR count). The first kappa shape index (κ1) is 18.0. The normalized spacial score (nSPS) is 21.9. The second kappa shape index (κ2) is 7.26. The van der Waals surface area contributed by atoms with E-state index in [4.69, 9.17) is 0 Å². The average molecular weight is 283 g/mol. The molecule has 2 heteroatoms. The van der Waals surface area contributed by atoms with Crippen molar-refractivity contribution in [1.29, 1.82) is 0 Å². The maximum Gasteiger partial charge on any atom is 0.0105 e. The third kappa shape index (κ3) is 7.64. The lowest BCUT2D eigenvalue weighted by atomic mass is 9.80. The van der Waals surface area contributed by atoms with Crippen LogP contribution in [0.1, 0.15) is 73.6 Å². The van der Waals surface area contributed by atoms with Gasteiger partial charge >= 0.3 is 0 Å². The Balaban J connectivity index is 2.39. The summed E-state index contributed by atoms with van der Waals surface area (Å²) < 4.78 is 0. The minimum Gasteiger partial charge on any atom is -0.314 e. The van der Waals surface area contributed by atoms with Gasteiger partial charge in [0.2, 0.25) is 0 Å². The summed E-state index contributed by atoms with van der Waals surface area (Å²) in [4.78, 5) is 2.53. The molecular formula is C18H38N2. The summed E-state index contributed by atoms with van der Waals surface area (Å²) in [5, 5.41) is 3.85. The molecule has 0 aromatic rings. The first-order valence-corrected chi connectivity index (χ1v) is 8.50. The van der Waals surface area contributed by atoms with Crippen molar-refractivity contribution in [3.05, 3.63) is 0 Å². The highest BCUT2D eigenvalue weighted by molar-refractivity contribution is 4.82. The second-order valence-electron chi connectivity index (χ2n) is 9.25. The molecule has 1 aliphatic heterocycles. The van der Waals surface area contributed by atoms with Gasteiger partial charge in [0.25, 0.3) is 0 Å². The van der Waals surface area contributed by atoms with Crippen molar-refractivity contribution in [2.24, 2.45) is 10.8 Å². The molecule has 120 valence electrons. The zero-order valence-electron chi connectivity index (χ0n) is 15.1. The van der Waals surface area contributed by atoms with Crippen LogP contribution in [0.25, 0.3) is 0 Å². The van der Waals surface area contributed by atoms with E-state index in [1.54, 1.807) is 0 Å². The van der Waals surface area contributed by atoms with Crippen molar-refractivity contribution < 1.29 is 0 Å². The second-order valence-corrected chi connectivity index (χ2v) is 9.25. The molecule has 1 atom stereocenters. The predicted octanol–water partition coefficient (Wildman–Crippen LogP) is 4.30. The summed E-state index contributed by atoms with van der Waals surface area (Å²) in [7, 11) is 2.28. The Bertz CT molecular complexity index is 256. The molecule has 1 saturated heterocycles. The molecule has 1 unspecified atom stereocenters. The fourth-order valence-electron chi connectivity index (χ4n) is 3.49. The zero-order chi connectivity index (χ0) is 15.4. The van der Waals surface area contributed by atoms with E-state index in [0.29, 0.717) is 16.9 Å². The van der Waals surface area contributed by atoms with E-state index in [0.717, 1.165) is 6.04 Å². The van der Waals surface area contributed by atoms with Crippen molar-refractivity contribution in [1.82, 2.24) is 10.2 Å². The van der Waals surface area contributed by atoms with Crippen LogP contribution in [-0.2, 0) is 0 Å². The number of nitrogens with one attached hydrogen (secondary N) is 1. The molecule has 0 aromatic carbocycles. The Hall–Kier alpha value is -0.0800. The summed E-state index contributed by atoms with van der Waals surface area (Å²) >= 11 is 0. The Morgan fingerprint density at radius 2 is 1.60 bits per heavy atom. The van der Waals surface area contributed by atoms with E-state index >= 15 is 0 Å². The summed E-state index contributed by atoms with van der Waals surface area (Å²) in [6, 6.07) is 1.47. The molecule has 0 spiro atoms. The molecule has 0 radical (unpaired) electrons. The lowest BCUT2D eigenvalue weighted by Crippen LogP contribution is -2.38. The largest absolute Gasteiger partial charge is 0.314 e. The minimum absolute atomic E-state index is 0.410. The Morgan fingerprint density at radius 3 is 2.00 bits per heavy atom. The van der Waals surface area contributed by atoms with Crippen LogP contribution in [0.5, 0.6) is 0 Å². The molecule has 1 heterocycles. The minimum atomic E-state index is 0.410. The van der Waals surface area contributed by atoms with Gasteiger partial charge in [0.15, 0.2) is 0 Å².